The summed E-state index contributed by atoms with van der Waals surface area (Å²) in [6.45, 7) is 6.88. The van der Waals surface area contributed by atoms with Crippen molar-refractivity contribution in [1.82, 2.24) is 10.2 Å². The van der Waals surface area contributed by atoms with E-state index >= 15 is 0 Å². The van der Waals surface area contributed by atoms with Gasteiger partial charge in [-0.05, 0) is 47.0 Å². The summed E-state index contributed by atoms with van der Waals surface area (Å²) in [7, 11) is 0. The SMILES string of the molecule is CC1=NC(=O)C(=O)N1CCCCC(NC(=O)OC(C)(C)C)C(=O)O. The quantitative estimate of drug-likeness (QED) is 0.524. The molecule has 1 aliphatic rings. The number of carboxylic acids is 1. The molecule has 0 aromatic carbocycles. The van der Waals surface area contributed by atoms with Crippen molar-refractivity contribution in [2.75, 3.05) is 6.54 Å². The first-order valence-corrected chi connectivity index (χ1v) is 7.64. The summed E-state index contributed by atoms with van der Waals surface area (Å²) in [5, 5.41) is 11.5. The monoisotopic (exact) mass is 341 g/mol. The number of unbranched alkanes of at least 4 members (excludes halogenated alkanes) is 1. The standard InChI is InChI=1S/C15H23N3O6/c1-9-16-11(19)12(20)18(9)8-6-5-7-10(13(21)22)17-14(23)24-15(2,3)4/h10H,5-8H2,1-4H3,(H,17,23)(H,21,22). The Morgan fingerprint density at radius 2 is 1.92 bits per heavy atom. The molecule has 134 valence electrons. The van der Waals surface area contributed by atoms with E-state index in [0.717, 1.165) is 0 Å². The van der Waals surface area contributed by atoms with E-state index in [0.29, 0.717) is 18.7 Å². The molecule has 0 saturated heterocycles. The lowest BCUT2D eigenvalue weighted by atomic mass is 10.1. The van der Waals surface area contributed by atoms with Crippen LogP contribution in [0.25, 0.3) is 0 Å². The van der Waals surface area contributed by atoms with Gasteiger partial charge in [-0.3, -0.25) is 14.5 Å². The van der Waals surface area contributed by atoms with Crippen molar-refractivity contribution in [3.63, 3.8) is 0 Å². The van der Waals surface area contributed by atoms with Gasteiger partial charge >= 0.3 is 23.9 Å². The molecule has 1 heterocycles. The van der Waals surface area contributed by atoms with Crippen LogP contribution >= 0.6 is 0 Å². The van der Waals surface area contributed by atoms with Gasteiger partial charge in [0.2, 0.25) is 0 Å². The van der Waals surface area contributed by atoms with Crippen molar-refractivity contribution < 1.29 is 29.0 Å². The fourth-order valence-electron chi connectivity index (χ4n) is 2.11. The zero-order chi connectivity index (χ0) is 18.5. The first-order valence-electron chi connectivity index (χ1n) is 7.64. The largest absolute Gasteiger partial charge is 0.480 e. The Balaban J connectivity index is 2.41. The number of amides is 3. The Labute approximate surface area is 140 Å². The van der Waals surface area contributed by atoms with Crippen LogP contribution in [-0.4, -0.2) is 57.9 Å². The third-order valence-corrected chi connectivity index (χ3v) is 3.20. The molecule has 0 aromatic rings. The predicted molar refractivity (Wildman–Crippen MR) is 84.5 cm³/mol. The van der Waals surface area contributed by atoms with E-state index in [1.807, 2.05) is 0 Å². The summed E-state index contributed by atoms with van der Waals surface area (Å²) < 4.78 is 5.03. The van der Waals surface area contributed by atoms with E-state index in [2.05, 4.69) is 10.3 Å². The Bertz CT molecular complexity index is 564. The van der Waals surface area contributed by atoms with E-state index in [1.165, 1.54) is 4.90 Å². The molecule has 9 heteroatoms. The highest BCUT2D eigenvalue weighted by molar-refractivity contribution is 6.43. The van der Waals surface area contributed by atoms with Crippen molar-refractivity contribution in [2.45, 2.75) is 58.6 Å². The van der Waals surface area contributed by atoms with Crippen LogP contribution in [0.3, 0.4) is 0 Å². The molecule has 1 aliphatic heterocycles. The third-order valence-electron chi connectivity index (χ3n) is 3.20. The second kappa shape index (κ2) is 7.89. The summed E-state index contributed by atoms with van der Waals surface area (Å²) in [6, 6.07) is -1.08. The zero-order valence-corrected chi connectivity index (χ0v) is 14.3. The average Bonchev–Trinajstić information content (AvgIpc) is 2.65. The van der Waals surface area contributed by atoms with Gasteiger partial charge in [-0.25, -0.2) is 9.59 Å². The molecule has 0 spiro atoms. The fourth-order valence-corrected chi connectivity index (χ4v) is 2.11. The van der Waals surface area contributed by atoms with Gasteiger partial charge in [0.1, 0.15) is 17.5 Å². The van der Waals surface area contributed by atoms with Crippen molar-refractivity contribution >= 4 is 29.7 Å². The topological polar surface area (TPSA) is 125 Å². The summed E-state index contributed by atoms with van der Waals surface area (Å²) in [5.41, 5.74) is -0.716. The molecule has 0 fully saturated rings. The first-order chi connectivity index (χ1) is 11.0. The van der Waals surface area contributed by atoms with Crippen LogP contribution in [0.1, 0.15) is 47.0 Å². The number of nitrogens with zero attached hydrogens (tertiary/aromatic N) is 2. The lowest BCUT2D eigenvalue weighted by Gasteiger charge is -2.22. The lowest BCUT2D eigenvalue weighted by Crippen LogP contribution is -2.43. The number of alkyl carbamates (subject to hydrolysis) is 1. The maximum absolute atomic E-state index is 11.6. The molecule has 1 rings (SSSR count). The normalized spacial score (nSPS) is 16.0. The molecule has 9 nitrogen and oxygen atoms in total. The Morgan fingerprint density at radius 1 is 1.29 bits per heavy atom. The average molecular weight is 341 g/mol. The smallest absolute Gasteiger partial charge is 0.408 e. The summed E-state index contributed by atoms with van der Waals surface area (Å²) in [6.07, 6.45) is 0.308. The van der Waals surface area contributed by atoms with Crippen molar-refractivity contribution in [3.05, 3.63) is 0 Å². The first kappa shape index (κ1) is 19.6. The highest BCUT2D eigenvalue weighted by atomic mass is 16.6. The van der Waals surface area contributed by atoms with E-state index in [1.54, 1.807) is 27.7 Å². The molecule has 24 heavy (non-hydrogen) atoms. The van der Waals surface area contributed by atoms with Crippen LogP contribution in [0.5, 0.6) is 0 Å². The number of ether oxygens (including phenoxy) is 1. The number of hydrogen-bond acceptors (Lipinski definition) is 5. The Hall–Kier alpha value is -2.45. The van der Waals surface area contributed by atoms with E-state index < -0.39 is 35.5 Å². The highest BCUT2D eigenvalue weighted by Gasteiger charge is 2.30. The second-order valence-electron chi connectivity index (χ2n) is 6.45. The lowest BCUT2D eigenvalue weighted by molar-refractivity contribution is -0.140. The fraction of sp³-hybridized carbons (Fsp3) is 0.667. The molecule has 0 aliphatic carbocycles. The van der Waals surface area contributed by atoms with Crippen molar-refractivity contribution in [3.8, 4) is 0 Å². The second-order valence-corrected chi connectivity index (χ2v) is 6.45. The number of amidine groups is 1. The van der Waals surface area contributed by atoms with Gasteiger partial charge in [0.15, 0.2) is 0 Å². The molecule has 2 N–H and O–H groups in total. The number of rotatable bonds is 7. The van der Waals surface area contributed by atoms with Gasteiger partial charge in [0.05, 0.1) is 0 Å². The molecule has 3 amide bonds. The Morgan fingerprint density at radius 3 is 2.38 bits per heavy atom. The molecule has 0 aromatic heterocycles. The molecular formula is C15H23N3O6. The number of carbonyl (C=O) groups excluding carboxylic acids is 3. The number of aliphatic carboxylic acids is 1. The third kappa shape index (κ3) is 5.98. The van der Waals surface area contributed by atoms with Gasteiger partial charge in [0.25, 0.3) is 0 Å². The summed E-state index contributed by atoms with van der Waals surface area (Å²) in [4.78, 5) is 50.3. The van der Waals surface area contributed by atoms with Crippen LogP contribution < -0.4 is 5.32 Å². The summed E-state index contributed by atoms with van der Waals surface area (Å²) >= 11 is 0. The molecule has 1 unspecified atom stereocenters. The molecular weight excluding hydrogens is 318 g/mol. The van der Waals surface area contributed by atoms with E-state index in [4.69, 9.17) is 9.84 Å². The molecule has 0 saturated carbocycles. The molecule has 0 radical (unpaired) electrons. The Kier molecular flexibility index (Phi) is 6.44. The van der Waals surface area contributed by atoms with Crippen LogP contribution in [0.2, 0.25) is 0 Å². The van der Waals surface area contributed by atoms with E-state index in [9.17, 15) is 19.2 Å². The number of hydrogen-bond donors (Lipinski definition) is 2. The number of aliphatic imine (C=N–C) groups is 1. The molecule has 1 atom stereocenters. The van der Waals surface area contributed by atoms with Crippen molar-refractivity contribution in [2.24, 2.45) is 4.99 Å². The van der Waals surface area contributed by atoms with Gasteiger partial charge < -0.3 is 15.2 Å². The maximum atomic E-state index is 11.6. The van der Waals surface area contributed by atoms with Gasteiger partial charge in [-0.15, -0.1) is 0 Å². The minimum atomic E-state index is -1.16. The van der Waals surface area contributed by atoms with Gasteiger partial charge in [-0.2, -0.15) is 4.99 Å². The summed E-state index contributed by atoms with van der Waals surface area (Å²) in [5.74, 6) is -2.28. The zero-order valence-electron chi connectivity index (χ0n) is 14.3. The van der Waals surface area contributed by atoms with E-state index in [-0.39, 0.29) is 13.0 Å². The molecule has 0 bridgehead atoms. The van der Waals surface area contributed by atoms with Crippen LogP contribution in [-0.2, 0) is 19.1 Å². The minimum absolute atomic E-state index is 0.181. The predicted octanol–water partition coefficient (Wildman–Crippen LogP) is 0.922. The maximum Gasteiger partial charge on any atom is 0.408 e. The minimum Gasteiger partial charge on any atom is -0.480 e. The highest BCUT2D eigenvalue weighted by Crippen LogP contribution is 2.10. The number of carbonyl (C=O) groups is 4. The van der Waals surface area contributed by atoms with Crippen LogP contribution in [0, 0.1) is 0 Å². The van der Waals surface area contributed by atoms with Crippen LogP contribution in [0.15, 0.2) is 4.99 Å². The van der Waals surface area contributed by atoms with Gasteiger partial charge in [-0.1, -0.05) is 0 Å². The van der Waals surface area contributed by atoms with Gasteiger partial charge in [0, 0.05) is 6.54 Å². The number of nitrogens with one attached hydrogen (secondary N) is 1. The number of carboxylic acid groups (broad SMARTS) is 1. The van der Waals surface area contributed by atoms with Crippen molar-refractivity contribution in [1.29, 1.82) is 0 Å². The van der Waals surface area contributed by atoms with Crippen LogP contribution in [0.4, 0.5) is 4.79 Å².